The predicted molar refractivity (Wildman–Crippen MR) is 51.0 cm³/mol. The van der Waals surface area contributed by atoms with E-state index in [1.807, 2.05) is 0 Å². The molecule has 0 aromatic heterocycles. The maximum Gasteiger partial charge on any atom is 0.0110 e. The van der Waals surface area contributed by atoms with E-state index in [0.717, 1.165) is 26.2 Å². The van der Waals surface area contributed by atoms with Crippen molar-refractivity contribution in [3.8, 4) is 0 Å². The number of rotatable bonds is 4. The third kappa shape index (κ3) is 8.68. The van der Waals surface area contributed by atoms with Gasteiger partial charge in [0.25, 0.3) is 0 Å². The van der Waals surface area contributed by atoms with Crippen molar-refractivity contribution in [1.29, 1.82) is 0 Å². The summed E-state index contributed by atoms with van der Waals surface area (Å²) in [5.41, 5.74) is 10.5. The van der Waals surface area contributed by atoms with Crippen molar-refractivity contribution < 1.29 is 17.1 Å². The maximum absolute atomic E-state index is 5.23. The van der Waals surface area contributed by atoms with Gasteiger partial charge in [-0.25, -0.2) is 0 Å². The zero-order valence-corrected chi connectivity index (χ0v) is 8.95. The first-order chi connectivity index (χ1) is 5.86. The van der Waals surface area contributed by atoms with E-state index in [1.54, 1.807) is 0 Å². The third-order valence-electron chi connectivity index (χ3n) is 1.97. The van der Waals surface area contributed by atoms with Gasteiger partial charge in [0, 0.05) is 69.4 Å². The summed E-state index contributed by atoms with van der Waals surface area (Å²) in [4.78, 5) is 4.61. The van der Waals surface area contributed by atoms with E-state index in [4.69, 9.17) is 11.5 Å². The minimum Gasteiger partial charge on any atom is -0.329 e. The summed E-state index contributed by atoms with van der Waals surface area (Å²) in [5.74, 6) is 0. The Balaban J connectivity index is 0.000000206. The van der Waals surface area contributed by atoms with Gasteiger partial charge in [-0.15, -0.1) is 0 Å². The summed E-state index contributed by atoms with van der Waals surface area (Å²) in [5, 5.41) is 0. The largest absolute Gasteiger partial charge is 0.329 e. The van der Waals surface area contributed by atoms with Crippen LogP contribution < -0.4 is 11.5 Å². The predicted octanol–water partition coefficient (Wildman–Crippen LogP) is -1.48. The molecule has 2 aliphatic heterocycles. The smallest absolute Gasteiger partial charge is 0.0110 e. The zero-order chi connectivity index (χ0) is 8.81. The molecule has 2 heterocycles. The molecule has 0 bridgehead atoms. The fourth-order valence-corrected chi connectivity index (χ4v) is 0.954. The van der Waals surface area contributed by atoms with Gasteiger partial charge in [0.05, 0.1) is 0 Å². The molecule has 4 nitrogen and oxygen atoms in total. The summed E-state index contributed by atoms with van der Waals surface area (Å²) in [6.45, 7) is 8.93. The molecule has 2 rings (SSSR count). The summed E-state index contributed by atoms with van der Waals surface area (Å²) in [6.07, 6.45) is 0. The Kier molecular flexibility index (Phi) is 7.95. The second-order valence-electron chi connectivity index (χ2n) is 3.26. The molecule has 5 heteroatoms. The first-order valence-electron chi connectivity index (χ1n) is 4.71. The minimum absolute atomic E-state index is 0. The topological polar surface area (TPSA) is 58.1 Å². The molecule has 13 heavy (non-hydrogen) atoms. The van der Waals surface area contributed by atoms with E-state index in [-0.39, 0.29) is 17.1 Å². The van der Waals surface area contributed by atoms with Crippen LogP contribution in [0.1, 0.15) is 0 Å². The van der Waals surface area contributed by atoms with Crippen LogP contribution in [0.2, 0.25) is 0 Å². The summed E-state index contributed by atoms with van der Waals surface area (Å²) >= 11 is 0. The monoisotopic (exact) mass is 235 g/mol. The van der Waals surface area contributed by atoms with Crippen molar-refractivity contribution in [2.45, 2.75) is 0 Å². The van der Waals surface area contributed by atoms with Gasteiger partial charge in [0.1, 0.15) is 0 Å². The van der Waals surface area contributed by atoms with Gasteiger partial charge >= 0.3 is 0 Å². The molecule has 0 amide bonds. The summed E-state index contributed by atoms with van der Waals surface area (Å²) in [6, 6.07) is 0. The molecule has 0 spiro atoms. The van der Waals surface area contributed by atoms with Crippen LogP contribution in [0, 0.1) is 0 Å². The maximum atomic E-state index is 5.23. The van der Waals surface area contributed by atoms with Crippen LogP contribution in [0.4, 0.5) is 0 Å². The molecule has 83 valence electrons. The second-order valence-corrected chi connectivity index (χ2v) is 3.26. The van der Waals surface area contributed by atoms with Crippen molar-refractivity contribution >= 4 is 0 Å². The molecule has 2 fully saturated rings. The molecule has 0 saturated carbocycles. The van der Waals surface area contributed by atoms with Crippen LogP contribution in [0.3, 0.4) is 0 Å². The molecule has 0 unspecified atom stereocenters. The van der Waals surface area contributed by atoms with Crippen LogP contribution in [0.15, 0.2) is 0 Å². The van der Waals surface area contributed by atoms with E-state index in [1.165, 1.54) is 26.2 Å². The fourth-order valence-electron chi connectivity index (χ4n) is 0.954. The van der Waals surface area contributed by atoms with Crippen molar-refractivity contribution in [2.75, 3.05) is 52.4 Å². The van der Waals surface area contributed by atoms with E-state index >= 15 is 0 Å². The Bertz CT molecular complexity index is 101. The molecular weight excluding hydrogens is 216 g/mol. The number of nitrogens with two attached hydrogens (primary N) is 2. The zero-order valence-electron chi connectivity index (χ0n) is 8.01. The Labute approximate surface area is 91.1 Å². The van der Waals surface area contributed by atoms with Gasteiger partial charge in [-0.05, 0) is 0 Å². The molecular formula is C8H20CuN4. The summed E-state index contributed by atoms with van der Waals surface area (Å²) < 4.78 is 0. The number of hydrogen-bond acceptors (Lipinski definition) is 4. The van der Waals surface area contributed by atoms with E-state index in [2.05, 4.69) is 9.80 Å². The number of hydrogen-bond donors (Lipinski definition) is 2. The van der Waals surface area contributed by atoms with E-state index in [9.17, 15) is 0 Å². The second kappa shape index (κ2) is 7.73. The van der Waals surface area contributed by atoms with Gasteiger partial charge in [-0.1, -0.05) is 0 Å². The first kappa shape index (κ1) is 13.4. The Morgan fingerprint density at radius 3 is 1.15 bits per heavy atom. The van der Waals surface area contributed by atoms with Crippen molar-refractivity contribution in [3.05, 3.63) is 0 Å². The fraction of sp³-hybridized carbons (Fsp3) is 1.00. The number of nitrogens with zero attached hydrogens (tertiary/aromatic N) is 2. The van der Waals surface area contributed by atoms with Gasteiger partial charge in [0.15, 0.2) is 0 Å². The molecule has 1 radical (unpaired) electrons. The van der Waals surface area contributed by atoms with Crippen molar-refractivity contribution in [1.82, 2.24) is 9.80 Å². The molecule has 0 aromatic carbocycles. The quantitative estimate of drug-likeness (QED) is 0.461. The third-order valence-corrected chi connectivity index (χ3v) is 1.97. The summed E-state index contributed by atoms with van der Waals surface area (Å²) in [7, 11) is 0. The van der Waals surface area contributed by atoms with Crippen molar-refractivity contribution in [2.24, 2.45) is 11.5 Å². The van der Waals surface area contributed by atoms with Crippen LogP contribution in [0.25, 0.3) is 0 Å². The van der Waals surface area contributed by atoms with E-state index < -0.39 is 0 Å². The normalized spacial score (nSPS) is 19.8. The Morgan fingerprint density at radius 1 is 0.769 bits per heavy atom. The van der Waals surface area contributed by atoms with Crippen LogP contribution in [-0.2, 0) is 17.1 Å². The first-order valence-corrected chi connectivity index (χ1v) is 4.71. The van der Waals surface area contributed by atoms with Gasteiger partial charge in [-0.3, -0.25) is 9.80 Å². The molecule has 0 aliphatic carbocycles. The molecule has 0 aromatic rings. The van der Waals surface area contributed by atoms with Gasteiger partial charge in [0.2, 0.25) is 0 Å². The van der Waals surface area contributed by atoms with Crippen LogP contribution in [-0.4, -0.2) is 62.2 Å². The van der Waals surface area contributed by atoms with Crippen molar-refractivity contribution in [3.63, 3.8) is 0 Å². The Hall–Kier alpha value is 0.359. The average molecular weight is 236 g/mol. The molecule has 4 N–H and O–H groups in total. The van der Waals surface area contributed by atoms with E-state index in [0.29, 0.717) is 0 Å². The molecule has 0 atom stereocenters. The average Bonchev–Trinajstić information content (AvgIpc) is 2.81. The standard InChI is InChI=1S/2C4H10N2.Cu/c2*5-1-2-6-3-4-6;/h2*1-5H2;. The molecule has 2 aliphatic rings. The molecule has 2 saturated heterocycles. The van der Waals surface area contributed by atoms with Crippen LogP contribution >= 0.6 is 0 Å². The SMILES string of the molecule is NCCN1CC1.NCCN1CC1.[Cu]. The minimum atomic E-state index is 0. The van der Waals surface area contributed by atoms with Gasteiger partial charge in [-0.2, -0.15) is 0 Å². The Morgan fingerprint density at radius 2 is 1.08 bits per heavy atom. The van der Waals surface area contributed by atoms with Gasteiger partial charge < -0.3 is 11.5 Å². The van der Waals surface area contributed by atoms with Crippen LogP contribution in [0.5, 0.6) is 0 Å².